The van der Waals surface area contributed by atoms with Crippen molar-refractivity contribution in [3.8, 4) is 22.3 Å². The Hall–Kier alpha value is -5.08. The van der Waals surface area contributed by atoms with Crippen molar-refractivity contribution in [3.63, 3.8) is 0 Å². The lowest BCUT2D eigenvalue weighted by atomic mass is 9.70. The molecule has 8 rings (SSSR count). The first kappa shape index (κ1) is 44.5. The van der Waals surface area contributed by atoms with Gasteiger partial charge in [0, 0.05) is 40.9 Å². The fourth-order valence-electron chi connectivity index (χ4n) is 10.8. The molecule has 0 atom stereocenters. The van der Waals surface area contributed by atoms with Crippen LogP contribution < -0.4 is 9.80 Å². The molecule has 0 bridgehead atoms. The van der Waals surface area contributed by atoms with Gasteiger partial charge in [0.1, 0.15) is 0 Å². The number of hydrogen-bond acceptors (Lipinski definition) is 2. The first-order chi connectivity index (χ1) is 31.0. The molecule has 0 amide bonds. The van der Waals surface area contributed by atoms with Crippen LogP contribution in [0.15, 0.2) is 133 Å². The predicted molar refractivity (Wildman–Crippen MR) is 274 cm³/mol. The van der Waals surface area contributed by atoms with E-state index >= 15 is 0 Å². The molecule has 2 heteroatoms. The highest BCUT2D eigenvalue weighted by molar-refractivity contribution is 5.87. The zero-order valence-electron chi connectivity index (χ0n) is 39.2. The lowest BCUT2D eigenvalue weighted by Gasteiger charge is -2.34. The summed E-state index contributed by atoms with van der Waals surface area (Å²) in [6.45, 7) is 6.95. The second-order valence-corrected chi connectivity index (χ2v) is 19.1. The smallest absolute Gasteiger partial charge is 0.0465 e. The molecule has 0 N–H and O–H groups in total. The van der Waals surface area contributed by atoms with Crippen molar-refractivity contribution in [2.24, 2.45) is 0 Å². The highest BCUT2D eigenvalue weighted by atomic mass is 15.1. The van der Waals surface area contributed by atoms with E-state index in [1.54, 1.807) is 11.1 Å². The van der Waals surface area contributed by atoms with Gasteiger partial charge in [0.15, 0.2) is 0 Å². The van der Waals surface area contributed by atoms with Crippen molar-refractivity contribution in [1.82, 2.24) is 0 Å². The Bertz CT molecular complexity index is 2330. The van der Waals surface area contributed by atoms with Gasteiger partial charge < -0.3 is 9.80 Å². The Balaban J connectivity index is 1.16. The number of anilines is 5. The molecule has 0 saturated carbocycles. The molecular weight excluding hydrogens is 761 g/mol. The summed E-state index contributed by atoms with van der Waals surface area (Å²) in [5, 5.41) is 0. The number of para-hydroxylation sites is 1. The van der Waals surface area contributed by atoms with Gasteiger partial charge in [0.05, 0.1) is 0 Å². The third kappa shape index (κ3) is 10.3. The number of nitrogens with zero attached hydrogens (tertiary/aromatic N) is 2. The SMILES string of the molecule is CCCCCCCCCCC1(CCCCCCCCCC)c2cc(C)ccc2-c2ccc(N(c3ccc(-c4ccc5c(c4)CC5)cc3)c3ccc(N(C)c4ccccc4)cc3)cc21. The van der Waals surface area contributed by atoms with Crippen LogP contribution in [-0.2, 0) is 18.3 Å². The van der Waals surface area contributed by atoms with Crippen molar-refractivity contribution in [2.45, 2.75) is 155 Å². The molecule has 0 radical (unpaired) electrons. The average molecular weight is 835 g/mol. The summed E-state index contributed by atoms with van der Waals surface area (Å²) in [5.74, 6) is 0. The van der Waals surface area contributed by atoms with Gasteiger partial charge in [-0.3, -0.25) is 0 Å². The van der Waals surface area contributed by atoms with E-state index in [4.69, 9.17) is 0 Å². The normalized spacial score (nSPS) is 13.3. The molecule has 0 aromatic heterocycles. The second-order valence-electron chi connectivity index (χ2n) is 19.1. The molecule has 0 fully saturated rings. The quantitative estimate of drug-likeness (QED) is 0.0561. The van der Waals surface area contributed by atoms with E-state index in [1.165, 1.54) is 196 Å². The number of rotatable bonds is 24. The fraction of sp³-hybridized carbons (Fsp3) is 0.410. The van der Waals surface area contributed by atoms with Crippen molar-refractivity contribution in [1.29, 1.82) is 0 Å². The van der Waals surface area contributed by atoms with Crippen LogP contribution in [0.2, 0.25) is 0 Å². The molecule has 0 unspecified atom stereocenters. The van der Waals surface area contributed by atoms with Crippen molar-refractivity contribution >= 4 is 28.4 Å². The number of aryl methyl sites for hydroxylation is 3. The zero-order chi connectivity index (χ0) is 43.4. The van der Waals surface area contributed by atoms with Crippen LogP contribution in [0.3, 0.4) is 0 Å². The van der Waals surface area contributed by atoms with Gasteiger partial charge in [-0.05, 0) is 138 Å². The maximum atomic E-state index is 2.62. The molecule has 0 heterocycles. The number of hydrogen-bond donors (Lipinski definition) is 0. The molecule has 0 saturated heterocycles. The van der Waals surface area contributed by atoms with E-state index in [0.29, 0.717) is 0 Å². The third-order valence-electron chi connectivity index (χ3n) is 14.6. The Morgan fingerprint density at radius 1 is 0.413 bits per heavy atom. The second kappa shape index (κ2) is 21.5. The molecule has 0 aliphatic heterocycles. The van der Waals surface area contributed by atoms with Crippen LogP contribution in [0.1, 0.15) is 157 Å². The number of benzene rings is 6. The van der Waals surface area contributed by atoms with Crippen LogP contribution >= 0.6 is 0 Å². The average Bonchev–Trinajstić information content (AvgIpc) is 3.56. The minimum Gasteiger partial charge on any atom is -0.345 e. The molecular formula is C61H74N2. The summed E-state index contributed by atoms with van der Waals surface area (Å²) in [7, 11) is 2.16. The first-order valence-corrected chi connectivity index (χ1v) is 25.2. The van der Waals surface area contributed by atoms with E-state index < -0.39 is 0 Å². The fourth-order valence-corrected chi connectivity index (χ4v) is 10.8. The minimum atomic E-state index is 0.0176. The van der Waals surface area contributed by atoms with E-state index in [1.807, 2.05) is 0 Å². The maximum absolute atomic E-state index is 2.62. The number of unbranched alkanes of at least 4 members (excludes halogenated alkanes) is 14. The van der Waals surface area contributed by atoms with Crippen molar-refractivity contribution in [3.05, 3.63) is 161 Å². The van der Waals surface area contributed by atoms with E-state index in [2.05, 4.69) is 171 Å². The highest BCUT2D eigenvalue weighted by Crippen LogP contribution is 2.56. The van der Waals surface area contributed by atoms with Gasteiger partial charge in [-0.15, -0.1) is 0 Å². The Morgan fingerprint density at radius 2 is 0.889 bits per heavy atom. The summed E-state index contributed by atoms with van der Waals surface area (Å²) in [4.78, 5) is 4.79. The Labute approximate surface area is 381 Å². The van der Waals surface area contributed by atoms with E-state index in [0.717, 1.165) is 0 Å². The van der Waals surface area contributed by atoms with Crippen LogP contribution in [0.25, 0.3) is 22.3 Å². The molecule has 63 heavy (non-hydrogen) atoms. The lowest BCUT2D eigenvalue weighted by Crippen LogP contribution is -2.26. The van der Waals surface area contributed by atoms with Gasteiger partial charge in [-0.25, -0.2) is 0 Å². The van der Waals surface area contributed by atoms with Gasteiger partial charge in [-0.2, -0.15) is 0 Å². The van der Waals surface area contributed by atoms with Crippen LogP contribution in [0.4, 0.5) is 28.4 Å². The highest BCUT2D eigenvalue weighted by Gasteiger charge is 2.42. The summed E-state index contributed by atoms with van der Waals surface area (Å²) in [6.07, 6.45) is 26.5. The van der Waals surface area contributed by atoms with Crippen molar-refractivity contribution in [2.75, 3.05) is 16.8 Å². The molecule has 2 nitrogen and oxygen atoms in total. The Morgan fingerprint density at radius 3 is 1.46 bits per heavy atom. The predicted octanol–water partition coefficient (Wildman–Crippen LogP) is 18.3. The van der Waals surface area contributed by atoms with Gasteiger partial charge >= 0.3 is 0 Å². The zero-order valence-corrected chi connectivity index (χ0v) is 39.2. The van der Waals surface area contributed by atoms with E-state index in [9.17, 15) is 0 Å². The molecule has 6 aromatic rings. The van der Waals surface area contributed by atoms with Crippen LogP contribution in [-0.4, -0.2) is 7.05 Å². The third-order valence-corrected chi connectivity index (χ3v) is 14.6. The monoisotopic (exact) mass is 835 g/mol. The summed E-state index contributed by atoms with van der Waals surface area (Å²) in [6, 6.07) is 51.2. The minimum absolute atomic E-state index is 0.0176. The molecule has 2 aliphatic carbocycles. The first-order valence-electron chi connectivity index (χ1n) is 25.2. The topological polar surface area (TPSA) is 6.48 Å². The molecule has 2 aliphatic rings. The molecule has 328 valence electrons. The summed E-state index contributed by atoms with van der Waals surface area (Å²) < 4.78 is 0. The van der Waals surface area contributed by atoms with Gasteiger partial charge in [0.2, 0.25) is 0 Å². The maximum Gasteiger partial charge on any atom is 0.0465 e. The largest absolute Gasteiger partial charge is 0.345 e. The lowest BCUT2D eigenvalue weighted by molar-refractivity contribution is 0.397. The standard InChI is InChI=1S/C61H74N2/c1-5-7-9-11-13-15-17-22-42-61(43-23-18-16-14-12-10-8-6-2)59-44-47(3)26-40-57(59)58-41-39-56(46-60(58)61)63(55-37-35-53(36-38-55)62(4)52-24-20-19-21-25-52)54-33-31-49(32-34-54)51-30-28-48-27-29-50(48)45-51/h19-21,24-26,28,30-41,44-46H,5-18,22-23,27,29,42-43H2,1-4H3. The van der Waals surface area contributed by atoms with Crippen molar-refractivity contribution < 1.29 is 0 Å². The van der Waals surface area contributed by atoms with Gasteiger partial charge in [0.25, 0.3) is 0 Å². The summed E-state index contributed by atoms with van der Waals surface area (Å²) >= 11 is 0. The Kier molecular flexibility index (Phi) is 15.2. The van der Waals surface area contributed by atoms with E-state index in [-0.39, 0.29) is 5.41 Å². The van der Waals surface area contributed by atoms with Crippen LogP contribution in [0, 0.1) is 6.92 Å². The molecule has 0 spiro atoms. The number of fused-ring (bicyclic) bond motifs is 4. The van der Waals surface area contributed by atoms with Gasteiger partial charge in [-0.1, -0.05) is 195 Å². The summed E-state index contributed by atoms with van der Waals surface area (Å²) in [5.41, 5.74) is 19.0. The molecule has 6 aromatic carbocycles. The van der Waals surface area contributed by atoms with Crippen LogP contribution in [0.5, 0.6) is 0 Å².